The third-order valence-corrected chi connectivity index (χ3v) is 4.57. The Labute approximate surface area is 141 Å². The molecule has 2 heterocycles. The average molecular weight is 322 g/mol. The largest absolute Gasteiger partial charge is 0.493 e. The van der Waals surface area contributed by atoms with E-state index in [1.54, 1.807) is 6.33 Å². The van der Waals surface area contributed by atoms with Crippen LogP contribution in [0.25, 0.3) is 10.8 Å². The zero-order valence-electron chi connectivity index (χ0n) is 13.7. The molecule has 0 spiro atoms. The van der Waals surface area contributed by atoms with Crippen LogP contribution in [0.3, 0.4) is 0 Å². The monoisotopic (exact) mass is 322 g/mol. The van der Waals surface area contributed by atoms with Gasteiger partial charge in [0.2, 0.25) is 0 Å². The maximum absolute atomic E-state index is 5.98. The van der Waals surface area contributed by atoms with Crippen LogP contribution in [0.4, 0.5) is 0 Å². The fourth-order valence-electron chi connectivity index (χ4n) is 3.29. The van der Waals surface area contributed by atoms with Crippen LogP contribution in [0.1, 0.15) is 18.7 Å². The zero-order chi connectivity index (χ0) is 16.2. The summed E-state index contributed by atoms with van der Waals surface area (Å²) in [6.07, 6.45) is 4.77. The first kappa shape index (κ1) is 15.1. The van der Waals surface area contributed by atoms with Gasteiger partial charge in [0.05, 0.1) is 13.2 Å². The number of benzene rings is 2. The maximum atomic E-state index is 5.98. The van der Waals surface area contributed by atoms with E-state index in [2.05, 4.69) is 45.7 Å². The van der Waals surface area contributed by atoms with Gasteiger partial charge in [0.15, 0.2) is 0 Å². The summed E-state index contributed by atoms with van der Waals surface area (Å²) >= 11 is 0. The van der Waals surface area contributed by atoms with E-state index in [4.69, 9.17) is 4.74 Å². The van der Waals surface area contributed by atoms with Crippen molar-refractivity contribution in [2.24, 2.45) is 0 Å². The first-order valence-electron chi connectivity index (χ1n) is 8.61. The van der Waals surface area contributed by atoms with Crippen LogP contribution in [0.2, 0.25) is 0 Å². The highest BCUT2D eigenvalue weighted by atomic mass is 16.5. The van der Waals surface area contributed by atoms with Crippen LogP contribution in [0.5, 0.6) is 5.75 Å². The molecule has 5 nitrogen and oxygen atoms in total. The van der Waals surface area contributed by atoms with Crippen molar-refractivity contribution in [2.75, 3.05) is 13.2 Å². The van der Waals surface area contributed by atoms with E-state index in [9.17, 15) is 0 Å². The molecule has 0 radical (unpaired) electrons. The lowest BCUT2D eigenvalue weighted by Crippen LogP contribution is -2.38. The number of aromatic nitrogens is 3. The van der Waals surface area contributed by atoms with Gasteiger partial charge in [-0.2, -0.15) is 5.10 Å². The number of nitrogens with zero attached hydrogens (tertiary/aromatic N) is 3. The van der Waals surface area contributed by atoms with Crippen molar-refractivity contribution >= 4 is 10.8 Å². The average Bonchev–Trinajstić information content (AvgIpc) is 3.09. The quantitative estimate of drug-likeness (QED) is 0.709. The van der Waals surface area contributed by atoms with Gasteiger partial charge in [-0.1, -0.05) is 36.4 Å². The Kier molecular flexibility index (Phi) is 4.42. The zero-order valence-corrected chi connectivity index (χ0v) is 13.7. The van der Waals surface area contributed by atoms with Gasteiger partial charge in [0.1, 0.15) is 17.9 Å². The molecule has 1 unspecified atom stereocenters. The lowest BCUT2D eigenvalue weighted by molar-refractivity contribution is 0.297. The number of nitrogens with one attached hydrogen (secondary N) is 1. The third kappa shape index (κ3) is 3.26. The topological polar surface area (TPSA) is 52.0 Å². The summed E-state index contributed by atoms with van der Waals surface area (Å²) in [4.78, 5) is 4.26. The minimum atomic E-state index is 0.483. The number of aryl methyl sites for hydroxylation is 1. The molecule has 3 aromatic rings. The van der Waals surface area contributed by atoms with Gasteiger partial charge in [-0.25, -0.2) is 9.67 Å². The van der Waals surface area contributed by atoms with Gasteiger partial charge in [0.25, 0.3) is 0 Å². The van der Waals surface area contributed by atoms with Crippen molar-refractivity contribution in [2.45, 2.75) is 31.8 Å². The molecule has 1 aliphatic rings. The van der Waals surface area contributed by atoms with Gasteiger partial charge in [0, 0.05) is 17.8 Å². The first-order chi connectivity index (χ1) is 11.9. The molecule has 0 amide bonds. The van der Waals surface area contributed by atoms with Crippen molar-refractivity contribution in [1.82, 2.24) is 20.1 Å². The second-order valence-electron chi connectivity index (χ2n) is 6.23. The fourth-order valence-corrected chi connectivity index (χ4v) is 3.29. The molecular formula is C19H22N4O. The minimum Gasteiger partial charge on any atom is -0.493 e. The van der Waals surface area contributed by atoms with Crippen molar-refractivity contribution in [3.05, 3.63) is 54.6 Å². The molecule has 0 saturated heterocycles. The predicted octanol–water partition coefficient (Wildman–Crippen LogP) is 2.80. The van der Waals surface area contributed by atoms with Crippen LogP contribution in [0.15, 0.2) is 48.8 Å². The molecule has 1 aromatic heterocycles. The summed E-state index contributed by atoms with van der Waals surface area (Å²) in [7, 11) is 0. The summed E-state index contributed by atoms with van der Waals surface area (Å²) in [5, 5.41) is 10.3. The van der Waals surface area contributed by atoms with E-state index in [1.165, 1.54) is 10.8 Å². The number of rotatable bonds is 6. The van der Waals surface area contributed by atoms with Crippen molar-refractivity contribution in [3.63, 3.8) is 0 Å². The van der Waals surface area contributed by atoms with E-state index in [1.807, 2.05) is 16.8 Å². The van der Waals surface area contributed by atoms with E-state index in [-0.39, 0.29) is 0 Å². The Balaban J connectivity index is 1.24. The lowest BCUT2D eigenvalue weighted by Gasteiger charge is -2.23. The highest BCUT2D eigenvalue weighted by molar-refractivity contribution is 5.88. The summed E-state index contributed by atoms with van der Waals surface area (Å²) < 4.78 is 7.99. The highest BCUT2D eigenvalue weighted by Crippen LogP contribution is 2.25. The van der Waals surface area contributed by atoms with Crippen LogP contribution in [0, 0.1) is 0 Å². The summed E-state index contributed by atoms with van der Waals surface area (Å²) in [6.45, 7) is 2.60. The summed E-state index contributed by atoms with van der Waals surface area (Å²) in [6, 6.07) is 15.0. The molecule has 4 rings (SSSR count). The van der Waals surface area contributed by atoms with Gasteiger partial charge in [-0.3, -0.25) is 0 Å². The van der Waals surface area contributed by atoms with E-state index < -0.39 is 0 Å². The number of ether oxygens (including phenoxy) is 1. The van der Waals surface area contributed by atoms with Crippen molar-refractivity contribution in [1.29, 1.82) is 0 Å². The van der Waals surface area contributed by atoms with Gasteiger partial charge in [-0.05, 0) is 30.8 Å². The van der Waals surface area contributed by atoms with Crippen LogP contribution < -0.4 is 10.1 Å². The number of hydrogen-bond donors (Lipinski definition) is 1. The van der Waals surface area contributed by atoms with Crippen molar-refractivity contribution in [3.8, 4) is 5.75 Å². The second kappa shape index (κ2) is 7.01. The number of fused-ring (bicyclic) bond motifs is 2. The Bertz CT molecular complexity index is 808. The molecule has 1 atom stereocenters. The smallest absolute Gasteiger partial charge is 0.138 e. The summed E-state index contributed by atoms with van der Waals surface area (Å²) in [5.41, 5.74) is 0. The van der Waals surface area contributed by atoms with Gasteiger partial charge >= 0.3 is 0 Å². The molecule has 0 bridgehead atoms. The van der Waals surface area contributed by atoms with E-state index in [0.717, 1.165) is 50.5 Å². The van der Waals surface area contributed by atoms with Crippen LogP contribution >= 0.6 is 0 Å². The molecule has 2 aromatic carbocycles. The molecule has 1 aliphatic heterocycles. The van der Waals surface area contributed by atoms with Gasteiger partial charge < -0.3 is 10.1 Å². The standard InChI is InChI=1S/C19H22N4O/c1-2-7-17-15(5-1)6-3-8-18(17)24-12-4-11-20-16-9-10-19-21-14-22-23(19)13-16/h1-3,5-8,14,16,20H,4,9-13H2. The third-order valence-electron chi connectivity index (χ3n) is 4.57. The van der Waals surface area contributed by atoms with Crippen LogP contribution in [-0.4, -0.2) is 34.0 Å². The van der Waals surface area contributed by atoms with E-state index in [0.29, 0.717) is 6.04 Å². The van der Waals surface area contributed by atoms with E-state index >= 15 is 0 Å². The van der Waals surface area contributed by atoms with Crippen LogP contribution in [-0.2, 0) is 13.0 Å². The molecular weight excluding hydrogens is 300 g/mol. The molecule has 124 valence electrons. The molecule has 0 saturated carbocycles. The van der Waals surface area contributed by atoms with Gasteiger partial charge in [-0.15, -0.1) is 0 Å². The minimum absolute atomic E-state index is 0.483. The molecule has 0 aliphatic carbocycles. The molecule has 24 heavy (non-hydrogen) atoms. The summed E-state index contributed by atoms with van der Waals surface area (Å²) in [5.74, 6) is 2.07. The fraction of sp³-hybridized carbons (Fsp3) is 0.368. The predicted molar refractivity (Wildman–Crippen MR) is 94.2 cm³/mol. The Hall–Kier alpha value is -2.40. The maximum Gasteiger partial charge on any atom is 0.138 e. The molecule has 1 N–H and O–H groups in total. The Morgan fingerprint density at radius 1 is 1.17 bits per heavy atom. The lowest BCUT2D eigenvalue weighted by atomic mass is 10.1. The second-order valence-corrected chi connectivity index (χ2v) is 6.23. The van der Waals surface area contributed by atoms with Crippen molar-refractivity contribution < 1.29 is 4.74 Å². The Morgan fingerprint density at radius 2 is 2.08 bits per heavy atom. The highest BCUT2D eigenvalue weighted by Gasteiger charge is 2.18. The SMILES string of the molecule is c1ccc2c(OCCCNC3CCc4ncnn4C3)cccc2c1. The normalized spacial score (nSPS) is 16.9. The first-order valence-corrected chi connectivity index (χ1v) is 8.61. The number of hydrogen-bond acceptors (Lipinski definition) is 4. The molecule has 5 heteroatoms. The Morgan fingerprint density at radius 3 is 3.08 bits per heavy atom. The molecule has 0 fully saturated rings.